The van der Waals surface area contributed by atoms with Crippen LogP contribution in [0, 0.1) is 6.92 Å². The molecule has 0 amide bonds. The van der Waals surface area contributed by atoms with E-state index in [0.717, 1.165) is 23.3 Å². The predicted octanol–water partition coefficient (Wildman–Crippen LogP) is 4.92. The molecule has 1 nitrogen and oxygen atoms in total. The molecule has 1 aromatic heterocycles. The summed E-state index contributed by atoms with van der Waals surface area (Å²) >= 11 is 13.6. The van der Waals surface area contributed by atoms with Crippen molar-refractivity contribution in [1.29, 1.82) is 0 Å². The number of allylic oxidation sites excluding steroid dienone is 1. The molecule has 1 aromatic rings. The van der Waals surface area contributed by atoms with Gasteiger partial charge < -0.3 is 0 Å². The first-order valence-electron chi connectivity index (χ1n) is 4.79. The van der Waals surface area contributed by atoms with Crippen molar-refractivity contribution in [3.8, 4) is 0 Å². The van der Waals surface area contributed by atoms with Crippen LogP contribution in [0.3, 0.4) is 0 Å². The molecule has 0 spiro atoms. The van der Waals surface area contributed by atoms with Gasteiger partial charge >= 0.3 is 0 Å². The fraction of sp³-hybridized carbons (Fsp3) is 0.364. The molecule has 4 heteroatoms. The zero-order chi connectivity index (χ0) is 11.3. The molecule has 0 N–H and O–H groups in total. The maximum absolute atomic E-state index is 6.06. The lowest BCUT2D eigenvalue weighted by atomic mass is 10.3. The van der Waals surface area contributed by atoms with Crippen molar-refractivity contribution in [1.82, 2.24) is 0 Å². The topological polar surface area (TPSA) is 12.4 Å². The average Bonchev–Trinajstić information content (AvgIpc) is 2.61. The second-order valence-corrected chi connectivity index (χ2v) is 4.81. The van der Waals surface area contributed by atoms with E-state index in [4.69, 9.17) is 23.2 Å². The zero-order valence-corrected chi connectivity index (χ0v) is 11.1. The second kappa shape index (κ2) is 6.31. The van der Waals surface area contributed by atoms with Gasteiger partial charge in [0.2, 0.25) is 0 Å². The third-order valence-corrected chi connectivity index (χ3v) is 3.50. The van der Waals surface area contributed by atoms with Gasteiger partial charge in [-0.1, -0.05) is 36.5 Å². The molecule has 1 rings (SSSR count). The standard InChI is InChI=1S/C11H13Cl2NS/c1-3-4-5-9(12)14-11(13)10-8(2)6-7-15-10/h5-7H,3-4H2,1-2H3/b9-5+,14-11?. The summed E-state index contributed by atoms with van der Waals surface area (Å²) in [6, 6.07) is 2.02. The van der Waals surface area contributed by atoms with Gasteiger partial charge in [0, 0.05) is 0 Å². The molecule has 0 atom stereocenters. The van der Waals surface area contributed by atoms with Crippen LogP contribution in [0.15, 0.2) is 27.7 Å². The van der Waals surface area contributed by atoms with Gasteiger partial charge in [0.1, 0.15) is 10.3 Å². The molecule has 0 aliphatic carbocycles. The van der Waals surface area contributed by atoms with Crippen molar-refractivity contribution >= 4 is 39.7 Å². The van der Waals surface area contributed by atoms with Gasteiger partial charge in [-0.2, -0.15) is 0 Å². The zero-order valence-electron chi connectivity index (χ0n) is 8.76. The summed E-state index contributed by atoms with van der Waals surface area (Å²) in [5, 5.41) is 2.93. The highest BCUT2D eigenvalue weighted by Crippen LogP contribution is 2.20. The Balaban J connectivity index is 2.80. The highest BCUT2D eigenvalue weighted by Gasteiger charge is 2.05. The number of aliphatic imine (C=N–C) groups is 1. The number of unbranched alkanes of at least 4 members (excludes halogenated alkanes) is 1. The van der Waals surface area contributed by atoms with Crippen molar-refractivity contribution in [2.24, 2.45) is 4.99 Å². The van der Waals surface area contributed by atoms with Gasteiger partial charge in [-0.05, 0) is 36.4 Å². The molecule has 15 heavy (non-hydrogen) atoms. The van der Waals surface area contributed by atoms with E-state index in [1.807, 2.05) is 24.4 Å². The highest BCUT2D eigenvalue weighted by atomic mass is 35.5. The Labute approximate surface area is 104 Å². The third kappa shape index (κ3) is 3.98. The normalized spacial score (nSPS) is 13.3. The van der Waals surface area contributed by atoms with Gasteiger partial charge in [0.15, 0.2) is 0 Å². The smallest absolute Gasteiger partial charge is 0.148 e. The maximum Gasteiger partial charge on any atom is 0.148 e. The van der Waals surface area contributed by atoms with Crippen molar-refractivity contribution in [3.05, 3.63) is 33.1 Å². The Morgan fingerprint density at radius 1 is 1.53 bits per heavy atom. The Bertz CT molecular complexity index is 380. The monoisotopic (exact) mass is 261 g/mol. The minimum atomic E-state index is 0.467. The van der Waals surface area contributed by atoms with Gasteiger partial charge in [0.25, 0.3) is 0 Å². The fourth-order valence-corrected chi connectivity index (χ4v) is 2.45. The highest BCUT2D eigenvalue weighted by molar-refractivity contribution is 7.14. The lowest BCUT2D eigenvalue weighted by molar-refractivity contribution is 0.954. The molecule has 0 fully saturated rings. The van der Waals surface area contributed by atoms with E-state index in [0.29, 0.717) is 10.3 Å². The van der Waals surface area contributed by atoms with Crippen LogP contribution in [0.25, 0.3) is 0 Å². The van der Waals surface area contributed by atoms with Gasteiger partial charge in [0.05, 0.1) is 4.88 Å². The molecule has 82 valence electrons. The summed E-state index contributed by atoms with van der Waals surface area (Å²) in [4.78, 5) is 5.12. The van der Waals surface area contributed by atoms with Gasteiger partial charge in [-0.15, -0.1) is 11.3 Å². The molecule has 0 unspecified atom stereocenters. The first-order chi connectivity index (χ1) is 7.15. The summed E-state index contributed by atoms with van der Waals surface area (Å²) in [6.45, 7) is 4.10. The largest absolute Gasteiger partial charge is 0.223 e. The number of rotatable bonds is 4. The van der Waals surface area contributed by atoms with Crippen LogP contribution >= 0.6 is 34.5 Å². The number of thiophene rings is 1. The van der Waals surface area contributed by atoms with E-state index in [1.54, 1.807) is 11.3 Å². The molecule has 0 radical (unpaired) electrons. The number of hydrogen-bond acceptors (Lipinski definition) is 2. The van der Waals surface area contributed by atoms with E-state index >= 15 is 0 Å². The number of nitrogens with zero attached hydrogens (tertiary/aromatic N) is 1. The van der Waals surface area contributed by atoms with Crippen LogP contribution in [-0.2, 0) is 0 Å². The Kier molecular flexibility index (Phi) is 5.37. The van der Waals surface area contributed by atoms with Crippen LogP contribution in [-0.4, -0.2) is 5.17 Å². The number of aryl methyl sites for hydroxylation is 1. The molecular weight excluding hydrogens is 249 g/mol. The van der Waals surface area contributed by atoms with Crippen LogP contribution in [0.1, 0.15) is 30.2 Å². The van der Waals surface area contributed by atoms with Crippen molar-refractivity contribution in [2.45, 2.75) is 26.7 Å². The lowest BCUT2D eigenvalue weighted by Crippen LogP contribution is -1.89. The summed E-state index contributed by atoms with van der Waals surface area (Å²) in [6.07, 6.45) is 3.87. The van der Waals surface area contributed by atoms with Crippen LogP contribution in [0.4, 0.5) is 0 Å². The van der Waals surface area contributed by atoms with Crippen LogP contribution < -0.4 is 0 Å². The first-order valence-corrected chi connectivity index (χ1v) is 6.43. The number of halogens is 2. The maximum atomic E-state index is 6.06. The summed E-state index contributed by atoms with van der Waals surface area (Å²) < 4.78 is 0. The second-order valence-electron chi connectivity index (χ2n) is 3.15. The minimum Gasteiger partial charge on any atom is -0.223 e. The summed E-state index contributed by atoms with van der Waals surface area (Å²) in [5.74, 6) is 0. The van der Waals surface area contributed by atoms with E-state index in [9.17, 15) is 0 Å². The SMILES string of the molecule is CCC/C=C(\Cl)N=C(Cl)c1sccc1C. The van der Waals surface area contributed by atoms with Gasteiger partial charge in [-0.3, -0.25) is 0 Å². The molecule has 0 aliphatic rings. The predicted molar refractivity (Wildman–Crippen MR) is 70.3 cm³/mol. The molecule has 0 saturated carbocycles. The summed E-state index contributed by atoms with van der Waals surface area (Å²) in [7, 11) is 0. The van der Waals surface area contributed by atoms with E-state index in [1.165, 1.54) is 0 Å². The quantitative estimate of drug-likeness (QED) is 0.539. The molecule has 0 bridgehead atoms. The molecular formula is C11H13Cl2NS. The summed E-state index contributed by atoms with van der Waals surface area (Å²) in [5.41, 5.74) is 1.13. The Morgan fingerprint density at radius 2 is 2.27 bits per heavy atom. The van der Waals surface area contributed by atoms with Crippen LogP contribution in [0.5, 0.6) is 0 Å². The van der Waals surface area contributed by atoms with E-state index in [2.05, 4.69) is 11.9 Å². The van der Waals surface area contributed by atoms with E-state index < -0.39 is 0 Å². The molecule has 0 aliphatic heterocycles. The molecule has 0 saturated heterocycles. The Hall–Kier alpha value is -0.310. The Morgan fingerprint density at radius 3 is 2.80 bits per heavy atom. The first kappa shape index (κ1) is 12.8. The van der Waals surface area contributed by atoms with Crippen molar-refractivity contribution < 1.29 is 0 Å². The average molecular weight is 262 g/mol. The van der Waals surface area contributed by atoms with E-state index in [-0.39, 0.29) is 0 Å². The van der Waals surface area contributed by atoms with Gasteiger partial charge in [-0.25, -0.2) is 4.99 Å². The fourth-order valence-electron chi connectivity index (χ4n) is 1.04. The van der Waals surface area contributed by atoms with Crippen molar-refractivity contribution in [2.75, 3.05) is 0 Å². The molecule has 0 aromatic carbocycles. The van der Waals surface area contributed by atoms with Crippen molar-refractivity contribution in [3.63, 3.8) is 0 Å². The lowest BCUT2D eigenvalue weighted by Gasteiger charge is -1.96. The number of hydrogen-bond donors (Lipinski definition) is 0. The van der Waals surface area contributed by atoms with Crippen LogP contribution in [0.2, 0.25) is 0 Å². The minimum absolute atomic E-state index is 0.467. The molecule has 1 heterocycles. The third-order valence-electron chi connectivity index (χ3n) is 1.86.